The molecule has 0 aliphatic rings. The quantitative estimate of drug-likeness (QED) is 0.645. The largest absolute Gasteiger partial charge is 0.399 e. The van der Waals surface area contributed by atoms with Crippen LogP contribution in [-0.4, -0.2) is 14.8 Å². The predicted octanol–water partition coefficient (Wildman–Crippen LogP) is 2.31. The van der Waals surface area contributed by atoms with Gasteiger partial charge in [-0.05, 0) is 36.8 Å². The van der Waals surface area contributed by atoms with Crippen molar-refractivity contribution in [2.45, 2.75) is 6.92 Å². The summed E-state index contributed by atoms with van der Waals surface area (Å²) in [6, 6.07) is 7.63. The molecule has 84 valence electrons. The van der Waals surface area contributed by atoms with E-state index in [1.54, 1.807) is 0 Å². The number of nitrogens with two attached hydrogens (primary N) is 1. The Bertz CT molecular complexity index is 667. The highest BCUT2D eigenvalue weighted by molar-refractivity contribution is 5.82. The molecule has 0 aliphatic carbocycles. The smallest absolute Gasteiger partial charge is 0.0926 e. The van der Waals surface area contributed by atoms with Crippen LogP contribution in [0.25, 0.3) is 16.6 Å². The van der Waals surface area contributed by atoms with Crippen molar-refractivity contribution in [3.8, 4) is 5.69 Å². The van der Waals surface area contributed by atoms with Crippen molar-refractivity contribution in [3.63, 3.8) is 0 Å². The van der Waals surface area contributed by atoms with Crippen LogP contribution in [0.15, 0.2) is 42.9 Å². The van der Waals surface area contributed by atoms with Crippen LogP contribution in [0.4, 0.5) is 5.69 Å². The molecule has 0 fully saturated rings. The van der Waals surface area contributed by atoms with Gasteiger partial charge in [0, 0.05) is 17.3 Å². The van der Waals surface area contributed by atoms with Crippen molar-refractivity contribution in [2.24, 2.45) is 0 Å². The highest BCUT2D eigenvalue weighted by Gasteiger charge is 2.06. The summed E-state index contributed by atoms with van der Waals surface area (Å²) in [6.07, 6.45) is 5.53. The molecule has 0 aliphatic heterocycles. The van der Waals surface area contributed by atoms with E-state index in [9.17, 15) is 0 Å². The lowest BCUT2D eigenvalue weighted by Gasteiger charge is -2.03. The first kappa shape index (κ1) is 9.84. The number of aromatic nitrogens is 3. The van der Waals surface area contributed by atoms with Crippen LogP contribution >= 0.6 is 0 Å². The monoisotopic (exact) mass is 224 g/mol. The number of rotatable bonds is 1. The molecule has 0 bridgehead atoms. The second-order valence-corrected chi connectivity index (χ2v) is 4.04. The molecule has 3 rings (SSSR count). The van der Waals surface area contributed by atoms with Crippen LogP contribution in [0.1, 0.15) is 5.56 Å². The fourth-order valence-electron chi connectivity index (χ4n) is 1.90. The molecule has 0 saturated carbocycles. The topological polar surface area (TPSA) is 56.7 Å². The maximum atomic E-state index is 5.67. The number of hydrogen-bond acceptors (Lipinski definition) is 3. The molecule has 0 spiro atoms. The summed E-state index contributed by atoms with van der Waals surface area (Å²) in [4.78, 5) is 4.20. The zero-order chi connectivity index (χ0) is 11.8. The fraction of sp³-hybridized carbons (Fsp3) is 0.0769. The highest BCUT2D eigenvalue weighted by Crippen LogP contribution is 2.20. The van der Waals surface area contributed by atoms with Crippen LogP contribution in [-0.2, 0) is 0 Å². The molecule has 2 aromatic heterocycles. The minimum absolute atomic E-state index is 0.750. The molecular formula is C13H12N4. The van der Waals surface area contributed by atoms with Crippen LogP contribution in [0.3, 0.4) is 0 Å². The SMILES string of the molecule is Cc1cncc2c1cnn2-c1ccc(N)cc1. The Labute approximate surface area is 98.7 Å². The van der Waals surface area contributed by atoms with E-state index in [1.165, 1.54) is 0 Å². The summed E-state index contributed by atoms with van der Waals surface area (Å²) >= 11 is 0. The Morgan fingerprint density at radius 3 is 2.59 bits per heavy atom. The first-order valence-electron chi connectivity index (χ1n) is 5.40. The van der Waals surface area contributed by atoms with E-state index in [0.29, 0.717) is 0 Å². The van der Waals surface area contributed by atoms with Crippen molar-refractivity contribution in [1.82, 2.24) is 14.8 Å². The molecule has 0 unspecified atom stereocenters. The standard InChI is InChI=1S/C13H12N4/c1-9-6-15-8-13-12(9)7-16-17(13)11-4-2-10(14)3-5-11/h2-8H,14H2,1H3. The summed E-state index contributed by atoms with van der Waals surface area (Å²) in [6.45, 7) is 2.03. The third kappa shape index (κ3) is 1.54. The number of nitrogens with zero attached hydrogens (tertiary/aromatic N) is 3. The second-order valence-electron chi connectivity index (χ2n) is 4.04. The lowest BCUT2D eigenvalue weighted by atomic mass is 10.2. The molecule has 0 atom stereocenters. The van der Waals surface area contributed by atoms with Gasteiger partial charge >= 0.3 is 0 Å². The van der Waals surface area contributed by atoms with Crippen LogP contribution in [0, 0.1) is 6.92 Å². The highest BCUT2D eigenvalue weighted by atomic mass is 15.3. The summed E-state index contributed by atoms with van der Waals surface area (Å²) in [5.41, 5.74) is 9.55. The molecule has 0 saturated heterocycles. The van der Waals surface area contributed by atoms with Crippen LogP contribution in [0.2, 0.25) is 0 Å². The third-order valence-electron chi connectivity index (χ3n) is 2.83. The Morgan fingerprint density at radius 2 is 1.82 bits per heavy atom. The molecule has 4 nitrogen and oxygen atoms in total. The summed E-state index contributed by atoms with van der Waals surface area (Å²) in [7, 11) is 0. The minimum atomic E-state index is 0.750. The van der Waals surface area contributed by atoms with Gasteiger partial charge in [-0.15, -0.1) is 0 Å². The van der Waals surface area contributed by atoms with E-state index in [0.717, 1.165) is 27.8 Å². The molecule has 4 heteroatoms. The summed E-state index contributed by atoms with van der Waals surface area (Å²) in [5.74, 6) is 0. The number of nitrogen functional groups attached to an aromatic ring is 1. The molecule has 3 aromatic rings. The maximum Gasteiger partial charge on any atom is 0.0926 e. The lowest BCUT2D eigenvalue weighted by molar-refractivity contribution is 0.909. The van der Waals surface area contributed by atoms with Crippen molar-refractivity contribution >= 4 is 16.6 Å². The molecule has 0 amide bonds. The Kier molecular flexibility index (Phi) is 2.08. The number of anilines is 1. The van der Waals surface area contributed by atoms with E-state index in [1.807, 2.05) is 54.5 Å². The molecule has 2 heterocycles. The van der Waals surface area contributed by atoms with Gasteiger partial charge in [0.1, 0.15) is 0 Å². The maximum absolute atomic E-state index is 5.67. The average Bonchev–Trinajstić information content (AvgIpc) is 2.75. The summed E-state index contributed by atoms with van der Waals surface area (Å²) in [5, 5.41) is 5.51. The zero-order valence-electron chi connectivity index (χ0n) is 9.46. The van der Waals surface area contributed by atoms with Crippen LogP contribution in [0.5, 0.6) is 0 Å². The van der Waals surface area contributed by atoms with Crippen LogP contribution < -0.4 is 5.73 Å². The van der Waals surface area contributed by atoms with Crippen molar-refractivity contribution < 1.29 is 0 Å². The third-order valence-corrected chi connectivity index (χ3v) is 2.83. The van der Waals surface area contributed by atoms with Gasteiger partial charge in [0.25, 0.3) is 0 Å². The molecular weight excluding hydrogens is 212 g/mol. The second kappa shape index (κ2) is 3.59. The zero-order valence-corrected chi connectivity index (χ0v) is 9.46. The number of fused-ring (bicyclic) bond motifs is 1. The van der Waals surface area contributed by atoms with Gasteiger partial charge in [-0.2, -0.15) is 5.10 Å². The average molecular weight is 224 g/mol. The van der Waals surface area contributed by atoms with Crippen molar-refractivity contribution in [1.29, 1.82) is 0 Å². The van der Waals surface area contributed by atoms with E-state index < -0.39 is 0 Å². The molecule has 2 N–H and O–H groups in total. The fourth-order valence-corrected chi connectivity index (χ4v) is 1.90. The van der Waals surface area contributed by atoms with Gasteiger partial charge in [0.15, 0.2) is 0 Å². The van der Waals surface area contributed by atoms with Gasteiger partial charge in [-0.1, -0.05) is 0 Å². The molecule has 0 radical (unpaired) electrons. The van der Waals surface area contributed by atoms with Crippen molar-refractivity contribution in [2.75, 3.05) is 5.73 Å². The van der Waals surface area contributed by atoms with Crippen molar-refractivity contribution in [3.05, 3.63) is 48.4 Å². The first-order valence-corrected chi connectivity index (χ1v) is 5.40. The van der Waals surface area contributed by atoms with E-state index >= 15 is 0 Å². The molecule has 17 heavy (non-hydrogen) atoms. The van der Waals surface area contributed by atoms with Gasteiger partial charge in [-0.3, -0.25) is 4.98 Å². The Morgan fingerprint density at radius 1 is 1.06 bits per heavy atom. The Balaban J connectivity index is 2.24. The van der Waals surface area contributed by atoms with E-state index in [-0.39, 0.29) is 0 Å². The number of hydrogen-bond donors (Lipinski definition) is 1. The Hall–Kier alpha value is -2.36. The van der Waals surface area contributed by atoms with E-state index in [4.69, 9.17) is 5.73 Å². The summed E-state index contributed by atoms with van der Waals surface area (Å²) < 4.78 is 1.87. The van der Waals surface area contributed by atoms with Gasteiger partial charge in [0.2, 0.25) is 0 Å². The van der Waals surface area contributed by atoms with Gasteiger partial charge in [0.05, 0.1) is 23.6 Å². The number of aryl methyl sites for hydroxylation is 1. The lowest BCUT2D eigenvalue weighted by Crippen LogP contribution is -1.96. The van der Waals surface area contributed by atoms with E-state index in [2.05, 4.69) is 10.1 Å². The first-order chi connectivity index (χ1) is 8.25. The predicted molar refractivity (Wildman–Crippen MR) is 68.0 cm³/mol. The number of benzene rings is 1. The van der Waals surface area contributed by atoms with Gasteiger partial charge in [-0.25, -0.2) is 4.68 Å². The number of pyridine rings is 1. The minimum Gasteiger partial charge on any atom is -0.399 e. The normalized spacial score (nSPS) is 10.9. The molecule has 1 aromatic carbocycles. The van der Waals surface area contributed by atoms with Gasteiger partial charge < -0.3 is 5.73 Å².